The second-order valence-electron chi connectivity index (χ2n) is 15.9. The fourth-order valence-corrected chi connectivity index (χ4v) is 7.19. The van der Waals surface area contributed by atoms with Gasteiger partial charge < -0.3 is 22.9 Å². The molecule has 3 aromatic carbocycles. The zero-order chi connectivity index (χ0) is 37.7. The highest BCUT2D eigenvalue weighted by Crippen LogP contribution is 2.48. The molecule has 0 saturated heterocycles. The van der Waals surface area contributed by atoms with Gasteiger partial charge in [-0.3, -0.25) is 0 Å². The molecule has 0 aliphatic carbocycles. The molecule has 0 bridgehead atoms. The van der Waals surface area contributed by atoms with Gasteiger partial charge in [0.2, 0.25) is 0 Å². The summed E-state index contributed by atoms with van der Waals surface area (Å²) in [4.78, 5) is 0.0295. The number of ether oxygens (including phenoxy) is 1. The van der Waals surface area contributed by atoms with Crippen LogP contribution < -0.4 is 13.3 Å². The Labute approximate surface area is 303 Å². The molecule has 50 heavy (non-hydrogen) atoms. The van der Waals surface area contributed by atoms with E-state index >= 15 is 0 Å². The van der Waals surface area contributed by atoms with Crippen molar-refractivity contribution in [3.05, 3.63) is 89.5 Å². The van der Waals surface area contributed by atoms with Gasteiger partial charge in [0.1, 0.15) is 23.4 Å². The summed E-state index contributed by atoms with van der Waals surface area (Å²) < 4.78 is 52.6. The summed E-state index contributed by atoms with van der Waals surface area (Å²) >= 11 is 0. The summed E-state index contributed by atoms with van der Waals surface area (Å²) in [7, 11) is -8.70. The first-order valence-electron chi connectivity index (χ1n) is 17.0. The van der Waals surface area contributed by atoms with Crippen molar-refractivity contribution in [1.82, 2.24) is 0 Å². The van der Waals surface area contributed by atoms with E-state index in [1.807, 2.05) is 37.3 Å². The van der Waals surface area contributed by atoms with E-state index in [9.17, 15) is 13.5 Å². The molecule has 0 heterocycles. The van der Waals surface area contributed by atoms with Crippen LogP contribution in [0.1, 0.15) is 70.2 Å². The SMILES string of the molecule is C=C(C[C@@H](O)C#CCO[Si](C)(C)C(C)(C)C)c1cc(OS(=O)(=O)c2ccc(C)cc2)c(C)c(OCc2ccccc2)c1O[Si](C)(C)C(C)(C)C. The Balaban J connectivity index is 2.13. The quantitative estimate of drug-likeness (QED) is 0.106. The second kappa shape index (κ2) is 15.9. The Morgan fingerprint density at radius 1 is 0.880 bits per heavy atom. The van der Waals surface area contributed by atoms with Gasteiger partial charge in [0.25, 0.3) is 8.32 Å². The summed E-state index contributed by atoms with van der Waals surface area (Å²) in [5, 5.41) is 10.9. The van der Waals surface area contributed by atoms with Crippen LogP contribution in [0.5, 0.6) is 17.2 Å². The Morgan fingerprint density at radius 2 is 1.46 bits per heavy atom. The van der Waals surface area contributed by atoms with E-state index in [0.29, 0.717) is 28.2 Å². The third kappa shape index (κ3) is 10.6. The molecule has 0 radical (unpaired) electrons. The predicted molar refractivity (Wildman–Crippen MR) is 209 cm³/mol. The number of rotatable bonds is 13. The highest BCUT2D eigenvalue weighted by atomic mass is 32.2. The molecule has 0 aliphatic rings. The zero-order valence-corrected chi connectivity index (χ0v) is 34.8. The van der Waals surface area contributed by atoms with Gasteiger partial charge >= 0.3 is 10.1 Å². The van der Waals surface area contributed by atoms with Gasteiger partial charge in [0.05, 0.1) is 6.61 Å². The molecule has 0 aromatic heterocycles. The van der Waals surface area contributed by atoms with Crippen LogP contribution in [0, 0.1) is 25.7 Å². The van der Waals surface area contributed by atoms with Crippen LogP contribution in [-0.4, -0.2) is 42.9 Å². The molecule has 1 atom stereocenters. The fraction of sp³-hybridized carbons (Fsp3) is 0.450. The molecule has 10 heteroatoms. The Bertz CT molecular complexity index is 1810. The van der Waals surface area contributed by atoms with Gasteiger partial charge in [0, 0.05) is 17.5 Å². The van der Waals surface area contributed by atoms with Crippen molar-refractivity contribution >= 4 is 32.3 Å². The number of hydrogen-bond donors (Lipinski definition) is 1. The van der Waals surface area contributed by atoms with Crippen LogP contribution in [0.25, 0.3) is 5.57 Å². The van der Waals surface area contributed by atoms with Gasteiger partial charge in [-0.25, -0.2) is 0 Å². The Kier molecular flexibility index (Phi) is 13.1. The number of aliphatic hydroxyl groups excluding tert-OH is 1. The summed E-state index contributed by atoms with van der Waals surface area (Å²) in [5.74, 6) is 6.76. The van der Waals surface area contributed by atoms with E-state index in [-0.39, 0.29) is 40.4 Å². The van der Waals surface area contributed by atoms with Gasteiger partial charge in [-0.05, 0) is 79.4 Å². The van der Waals surface area contributed by atoms with Gasteiger partial charge in [0.15, 0.2) is 19.8 Å². The zero-order valence-electron chi connectivity index (χ0n) is 32.0. The second-order valence-corrected chi connectivity index (χ2v) is 27.0. The maximum atomic E-state index is 13.6. The molecule has 3 rings (SSSR count). The van der Waals surface area contributed by atoms with E-state index in [1.165, 1.54) is 12.1 Å². The highest BCUT2D eigenvalue weighted by molar-refractivity contribution is 7.87. The monoisotopic (exact) mass is 736 g/mol. The van der Waals surface area contributed by atoms with Crippen molar-refractivity contribution < 1.29 is 31.3 Å². The van der Waals surface area contributed by atoms with E-state index in [0.717, 1.165) is 11.1 Å². The summed E-state index contributed by atoms with van der Waals surface area (Å²) in [6, 6.07) is 17.8. The smallest absolute Gasteiger partial charge is 0.339 e. The first-order chi connectivity index (χ1) is 22.9. The largest absolute Gasteiger partial charge is 0.541 e. The molecule has 0 unspecified atom stereocenters. The predicted octanol–water partition coefficient (Wildman–Crippen LogP) is 9.82. The minimum atomic E-state index is -4.21. The van der Waals surface area contributed by atoms with Crippen LogP contribution >= 0.6 is 0 Å². The number of aliphatic hydroxyl groups is 1. The van der Waals surface area contributed by atoms with E-state index in [4.69, 9.17) is 17.8 Å². The lowest BCUT2D eigenvalue weighted by atomic mass is 9.98. The highest BCUT2D eigenvalue weighted by Gasteiger charge is 2.41. The molecule has 0 aliphatic heterocycles. The first-order valence-corrected chi connectivity index (χ1v) is 24.2. The lowest BCUT2D eigenvalue weighted by Crippen LogP contribution is -2.44. The maximum absolute atomic E-state index is 13.6. The van der Waals surface area contributed by atoms with Gasteiger partial charge in [-0.1, -0.05) is 108 Å². The molecular formula is C40H56O7SSi2. The molecule has 0 amide bonds. The average molecular weight is 737 g/mol. The normalized spacial score (nSPS) is 13.2. The third-order valence-electron chi connectivity index (χ3n) is 9.74. The Hall–Kier alpha value is -3.34. The van der Waals surface area contributed by atoms with E-state index in [2.05, 4.69) is 86.2 Å². The number of benzene rings is 3. The van der Waals surface area contributed by atoms with Crippen LogP contribution in [0.15, 0.2) is 72.1 Å². The van der Waals surface area contributed by atoms with Crippen LogP contribution in [-0.2, 0) is 21.2 Å². The van der Waals surface area contributed by atoms with Crippen LogP contribution in [0.3, 0.4) is 0 Å². The lowest BCUT2D eigenvalue weighted by molar-refractivity contribution is 0.238. The number of aryl methyl sites for hydroxylation is 1. The topological polar surface area (TPSA) is 91.3 Å². The van der Waals surface area contributed by atoms with Crippen molar-refractivity contribution in [3.8, 4) is 29.1 Å². The van der Waals surface area contributed by atoms with Crippen molar-refractivity contribution in [3.63, 3.8) is 0 Å². The lowest BCUT2D eigenvalue weighted by Gasteiger charge is -2.38. The van der Waals surface area contributed by atoms with Crippen molar-refractivity contribution in [2.75, 3.05) is 6.61 Å². The van der Waals surface area contributed by atoms with Crippen LogP contribution in [0.2, 0.25) is 36.3 Å². The summed E-state index contributed by atoms with van der Waals surface area (Å²) in [5.41, 5.74) is 3.29. The number of hydrogen-bond acceptors (Lipinski definition) is 7. The first kappa shape index (κ1) is 41.1. The molecular weight excluding hydrogens is 681 g/mol. The molecule has 272 valence electrons. The van der Waals surface area contributed by atoms with Crippen LogP contribution in [0.4, 0.5) is 0 Å². The molecule has 7 nitrogen and oxygen atoms in total. The minimum Gasteiger partial charge on any atom is -0.541 e. The average Bonchev–Trinajstić information content (AvgIpc) is 2.99. The molecule has 0 fully saturated rings. The van der Waals surface area contributed by atoms with Crippen molar-refractivity contribution in [2.24, 2.45) is 0 Å². The third-order valence-corrected chi connectivity index (χ3v) is 19.8. The Morgan fingerprint density at radius 3 is 2.02 bits per heavy atom. The van der Waals surface area contributed by atoms with E-state index < -0.39 is 32.9 Å². The van der Waals surface area contributed by atoms with Gasteiger partial charge in [-0.15, -0.1) is 0 Å². The van der Waals surface area contributed by atoms with E-state index in [1.54, 1.807) is 25.1 Å². The van der Waals surface area contributed by atoms with Crippen molar-refractivity contribution in [1.29, 1.82) is 0 Å². The summed E-state index contributed by atoms with van der Waals surface area (Å²) in [6.07, 6.45) is -0.978. The standard InChI is InChI=1S/C40H56O7SSi2/c1-29-21-23-34(24-22-29)48(42,43)46-36-27-35(30(2)26-33(41)20-17-25-45-49(10,11)39(4,5)6)38(47-50(12,13)40(7,8)9)37(31(36)3)44-28-32-18-15-14-16-19-32/h14-16,18-19,21-24,27,33,41H,2,25-26,28H2,1,3-13H3/t33-/m0/s1. The van der Waals surface area contributed by atoms with Gasteiger partial charge in [-0.2, -0.15) is 8.42 Å². The fourth-order valence-electron chi connectivity index (χ4n) is 4.33. The minimum absolute atomic E-state index is 0.0295. The summed E-state index contributed by atoms with van der Waals surface area (Å²) in [6.45, 7) is 29.9. The molecule has 1 N–H and O–H groups in total. The van der Waals surface area contributed by atoms with Crippen molar-refractivity contribution in [2.45, 2.75) is 116 Å². The molecule has 0 saturated carbocycles. The maximum Gasteiger partial charge on any atom is 0.339 e. The molecule has 0 spiro atoms. The molecule has 3 aromatic rings.